The van der Waals surface area contributed by atoms with Crippen LogP contribution in [0.4, 0.5) is 0 Å². The number of esters is 1. The van der Waals surface area contributed by atoms with E-state index in [2.05, 4.69) is 19.2 Å². The summed E-state index contributed by atoms with van der Waals surface area (Å²) in [6.45, 7) is 5.99. The van der Waals surface area contributed by atoms with Crippen molar-refractivity contribution in [2.75, 3.05) is 27.4 Å². The Morgan fingerprint density at radius 3 is 2.85 bits per heavy atom. The average Bonchev–Trinajstić information content (AvgIpc) is 2.87. The van der Waals surface area contributed by atoms with Crippen LogP contribution in [0.15, 0.2) is 0 Å². The van der Waals surface area contributed by atoms with E-state index >= 15 is 0 Å². The Morgan fingerprint density at radius 2 is 2.25 bits per heavy atom. The molecule has 0 aromatic rings. The quantitative estimate of drug-likeness (QED) is 0.523. The number of carbonyl (C=O) groups excluding carboxylic acids is 1. The predicted octanol–water partition coefficient (Wildman–Crippen LogP) is 2.76. The maximum atomic E-state index is 12.1. The zero-order valence-corrected chi connectivity index (χ0v) is 13.5. The van der Waals surface area contributed by atoms with Gasteiger partial charge in [0.15, 0.2) is 0 Å². The molecule has 0 aliphatic heterocycles. The molecule has 0 amide bonds. The highest BCUT2D eigenvalue weighted by Crippen LogP contribution is 2.38. The molecule has 0 aromatic carbocycles. The molecule has 1 aliphatic carbocycles. The lowest BCUT2D eigenvalue weighted by Gasteiger charge is -2.32. The molecule has 0 radical (unpaired) electrons. The molecule has 1 aliphatic rings. The molecule has 0 heterocycles. The first-order valence-corrected chi connectivity index (χ1v) is 7.95. The molecule has 118 valence electrons. The van der Waals surface area contributed by atoms with Gasteiger partial charge in [0.05, 0.1) is 7.11 Å². The van der Waals surface area contributed by atoms with Crippen LogP contribution >= 0.6 is 0 Å². The third-order valence-corrected chi connectivity index (χ3v) is 4.61. The Hall–Kier alpha value is -0.610. The van der Waals surface area contributed by atoms with E-state index in [-0.39, 0.29) is 5.97 Å². The average molecular weight is 285 g/mol. The second-order valence-corrected chi connectivity index (χ2v) is 6.06. The van der Waals surface area contributed by atoms with Gasteiger partial charge in [-0.2, -0.15) is 0 Å². The van der Waals surface area contributed by atoms with Crippen LogP contribution in [0.25, 0.3) is 0 Å². The summed E-state index contributed by atoms with van der Waals surface area (Å²) in [5.41, 5.74) is -0.493. The van der Waals surface area contributed by atoms with Gasteiger partial charge in [-0.15, -0.1) is 0 Å². The summed E-state index contributed by atoms with van der Waals surface area (Å²) in [4.78, 5) is 12.1. The highest BCUT2D eigenvalue weighted by Gasteiger charge is 2.48. The fourth-order valence-corrected chi connectivity index (χ4v) is 3.44. The van der Waals surface area contributed by atoms with Gasteiger partial charge in [0.1, 0.15) is 5.54 Å². The number of carbonyl (C=O) groups is 1. The molecule has 4 nitrogen and oxygen atoms in total. The minimum absolute atomic E-state index is 0.123. The molecule has 0 saturated heterocycles. The Kier molecular flexibility index (Phi) is 7.52. The minimum Gasteiger partial charge on any atom is -0.468 e. The molecule has 20 heavy (non-hydrogen) atoms. The van der Waals surface area contributed by atoms with E-state index in [1.54, 1.807) is 0 Å². The number of ether oxygens (including phenoxy) is 2. The maximum absolute atomic E-state index is 12.1. The minimum atomic E-state index is -0.493. The normalized spacial score (nSPS) is 27.5. The Bertz CT molecular complexity index is 295. The first kappa shape index (κ1) is 17.4. The van der Waals surface area contributed by atoms with Gasteiger partial charge in [-0.05, 0) is 44.6 Å². The second kappa shape index (κ2) is 8.63. The van der Waals surface area contributed by atoms with Crippen molar-refractivity contribution >= 4 is 5.97 Å². The lowest BCUT2D eigenvalue weighted by Crippen LogP contribution is -2.54. The monoisotopic (exact) mass is 285 g/mol. The van der Waals surface area contributed by atoms with E-state index in [0.29, 0.717) is 11.8 Å². The van der Waals surface area contributed by atoms with Crippen molar-refractivity contribution in [3.05, 3.63) is 0 Å². The van der Waals surface area contributed by atoms with Crippen molar-refractivity contribution in [2.24, 2.45) is 11.8 Å². The molecule has 4 heteroatoms. The molecule has 3 atom stereocenters. The van der Waals surface area contributed by atoms with Crippen LogP contribution in [-0.4, -0.2) is 38.9 Å². The fourth-order valence-electron chi connectivity index (χ4n) is 3.44. The van der Waals surface area contributed by atoms with Crippen molar-refractivity contribution in [1.29, 1.82) is 0 Å². The molecule has 1 saturated carbocycles. The number of hydrogen-bond donors (Lipinski definition) is 1. The number of methoxy groups -OCH3 is 1. The number of rotatable bonds is 9. The van der Waals surface area contributed by atoms with Gasteiger partial charge >= 0.3 is 5.97 Å². The van der Waals surface area contributed by atoms with E-state index in [1.165, 1.54) is 20.0 Å². The summed E-state index contributed by atoms with van der Waals surface area (Å²) < 4.78 is 10.8. The van der Waals surface area contributed by atoms with Gasteiger partial charge in [-0.25, -0.2) is 0 Å². The Labute approximate surface area is 123 Å². The summed E-state index contributed by atoms with van der Waals surface area (Å²) in [5, 5.41) is 3.22. The third-order valence-electron chi connectivity index (χ3n) is 4.61. The highest BCUT2D eigenvalue weighted by atomic mass is 16.5. The van der Waals surface area contributed by atoms with Crippen molar-refractivity contribution < 1.29 is 14.3 Å². The smallest absolute Gasteiger partial charge is 0.326 e. The second-order valence-electron chi connectivity index (χ2n) is 6.06. The molecular weight excluding hydrogens is 254 g/mol. The SMILES string of the molecule is CCCC(C)COCCC1CCCC1(NC)C(=O)OC. The summed E-state index contributed by atoms with van der Waals surface area (Å²) >= 11 is 0. The first-order chi connectivity index (χ1) is 9.60. The summed E-state index contributed by atoms with van der Waals surface area (Å²) in [5.74, 6) is 0.821. The topological polar surface area (TPSA) is 47.6 Å². The third kappa shape index (κ3) is 4.19. The standard InChI is InChI=1S/C16H31NO3/c1-5-7-13(2)12-20-11-9-14-8-6-10-16(14,17-3)15(18)19-4/h13-14,17H,5-12H2,1-4H3. The van der Waals surface area contributed by atoms with Crippen LogP contribution in [0.2, 0.25) is 0 Å². The van der Waals surface area contributed by atoms with Gasteiger partial charge < -0.3 is 14.8 Å². The number of hydrogen-bond acceptors (Lipinski definition) is 4. The molecule has 1 N–H and O–H groups in total. The van der Waals surface area contributed by atoms with Crippen molar-refractivity contribution in [2.45, 2.75) is 57.9 Å². The molecule has 1 rings (SSSR count). The van der Waals surface area contributed by atoms with Crippen LogP contribution in [0.3, 0.4) is 0 Å². The van der Waals surface area contributed by atoms with E-state index in [9.17, 15) is 4.79 Å². The Balaban J connectivity index is 2.40. The van der Waals surface area contributed by atoms with Crippen LogP contribution < -0.4 is 5.32 Å². The molecule has 0 spiro atoms. The van der Waals surface area contributed by atoms with Crippen molar-refractivity contribution in [3.8, 4) is 0 Å². The van der Waals surface area contributed by atoms with Crippen LogP contribution in [0, 0.1) is 11.8 Å². The van der Waals surface area contributed by atoms with Crippen LogP contribution in [0.5, 0.6) is 0 Å². The van der Waals surface area contributed by atoms with Gasteiger partial charge in [0.2, 0.25) is 0 Å². The zero-order valence-electron chi connectivity index (χ0n) is 13.5. The molecule has 3 unspecified atom stereocenters. The highest BCUT2D eigenvalue weighted by molar-refractivity contribution is 5.81. The fraction of sp³-hybridized carbons (Fsp3) is 0.938. The van der Waals surface area contributed by atoms with Gasteiger partial charge in [-0.3, -0.25) is 4.79 Å². The molecular formula is C16H31NO3. The van der Waals surface area contributed by atoms with Crippen molar-refractivity contribution in [3.63, 3.8) is 0 Å². The van der Waals surface area contributed by atoms with Crippen LogP contribution in [-0.2, 0) is 14.3 Å². The lowest BCUT2D eigenvalue weighted by atomic mass is 9.85. The van der Waals surface area contributed by atoms with Gasteiger partial charge in [-0.1, -0.05) is 26.7 Å². The van der Waals surface area contributed by atoms with E-state index < -0.39 is 5.54 Å². The van der Waals surface area contributed by atoms with Crippen molar-refractivity contribution in [1.82, 2.24) is 5.32 Å². The maximum Gasteiger partial charge on any atom is 0.326 e. The Morgan fingerprint density at radius 1 is 1.50 bits per heavy atom. The lowest BCUT2D eigenvalue weighted by molar-refractivity contribution is -0.150. The number of nitrogens with one attached hydrogen (secondary N) is 1. The molecule has 1 fully saturated rings. The summed E-state index contributed by atoms with van der Waals surface area (Å²) in [6.07, 6.45) is 6.36. The first-order valence-electron chi connectivity index (χ1n) is 7.95. The van der Waals surface area contributed by atoms with E-state index in [4.69, 9.17) is 9.47 Å². The summed E-state index contributed by atoms with van der Waals surface area (Å²) in [7, 11) is 3.33. The van der Waals surface area contributed by atoms with E-state index in [1.807, 2.05) is 7.05 Å². The van der Waals surface area contributed by atoms with Crippen LogP contribution in [0.1, 0.15) is 52.4 Å². The zero-order chi connectivity index (χ0) is 15.0. The van der Waals surface area contributed by atoms with Gasteiger partial charge in [0, 0.05) is 13.2 Å². The molecule has 0 aromatic heterocycles. The van der Waals surface area contributed by atoms with Gasteiger partial charge in [0.25, 0.3) is 0 Å². The van der Waals surface area contributed by atoms with E-state index in [0.717, 1.165) is 38.9 Å². The largest absolute Gasteiger partial charge is 0.468 e. The summed E-state index contributed by atoms with van der Waals surface area (Å²) in [6, 6.07) is 0. The molecule has 0 bridgehead atoms. The predicted molar refractivity (Wildman–Crippen MR) is 80.7 cm³/mol. The number of likely N-dealkylation sites (N-methyl/N-ethyl adjacent to an activating group) is 1.